The van der Waals surface area contributed by atoms with Crippen LogP contribution < -0.4 is 5.32 Å². The van der Waals surface area contributed by atoms with Gasteiger partial charge >= 0.3 is 0 Å². The fraction of sp³-hybridized carbons (Fsp3) is 0.500. The van der Waals surface area contributed by atoms with Gasteiger partial charge in [0.2, 0.25) is 5.91 Å². The monoisotopic (exact) mass is 352 g/mol. The van der Waals surface area contributed by atoms with Crippen molar-refractivity contribution in [3.63, 3.8) is 0 Å². The molecule has 0 radical (unpaired) electrons. The third kappa shape index (κ3) is 4.08. The lowest BCUT2D eigenvalue weighted by Gasteiger charge is -2.31. The van der Waals surface area contributed by atoms with Crippen LogP contribution in [0, 0.1) is 5.92 Å². The molecule has 1 amide bonds. The lowest BCUT2D eigenvalue weighted by Crippen LogP contribution is -2.42. The topological polar surface area (TPSA) is 41.6 Å². The zero-order valence-corrected chi connectivity index (χ0v) is 15.3. The predicted octanol–water partition coefficient (Wildman–Crippen LogP) is 3.35. The molecular weight excluding hydrogens is 324 g/mol. The van der Waals surface area contributed by atoms with Crippen molar-refractivity contribution in [3.8, 4) is 0 Å². The van der Waals surface area contributed by atoms with Crippen molar-refractivity contribution in [2.24, 2.45) is 5.92 Å². The van der Waals surface area contributed by atoms with E-state index in [2.05, 4.69) is 52.7 Å². The van der Waals surface area contributed by atoms with Crippen LogP contribution in [-0.4, -0.2) is 43.2 Å². The van der Waals surface area contributed by atoms with Crippen molar-refractivity contribution >= 4 is 16.7 Å². The summed E-state index contributed by atoms with van der Waals surface area (Å²) in [6, 6.07) is 15.1. The second-order valence-electron chi connectivity index (χ2n) is 7.57. The third-order valence-electron chi connectivity index (χ3n) is 5.76. The molecule has 0 unspecified atom stereocenters. The molecule has 0 bridgehead atoms. The molecule has 0 spiro atoms. The first-order valence-corrected chi connectivity index (χ1v) is 9.88. The van der Waals surface area contributed by atoms with Crippen molar-refractivity contribution in [2.75, 3.05) is 26.2 Å². The molecule has 2 fully saturated rings. The summed E-state index contributed by atoms with van der Waals surface area (Å²) in [7, 11) is 0. The standard InChI is InChI=1S/C22H28N2O2/c25-22(23-15-20-8-4-14-26-20)18-10-12-24(13-11-18)16-19-7-3-6-17-5-1-2-9-21(17)19/h1-3,5-7,9,18,20H,4,8,10-16H2,(H,23,25)/t20-/m0/s1. The summed E-state index contributed by atoms with van der Waals surface area (Å²) in [5, 5.41) is 5.74. The van der Waals surface area contributed by atoms with Crippen LogP contribution >= 0.6 is 0 Å². The van der Waals surface area contributed by atoms with Crippen molar-refractivity contribution in [3.05, 3.63) is 48.0 Å². The Morgan fingerprint density at radius 2 is 1.88 bits per heavy atom. The van der Waals surface area contributed by atoms with Crippen molar-refractivity contribution in [1.29, 1.82) is 0 Å². The molecule has 2 heterocycles. The SMILES string of the molecule is O=C(NC[C@@H]1CCCO1)C1CCN(Cc2cccc3ccccc23)CC1. The molecule has 2 saturated heterocycles. The Labute approximate surface area is 155 Å². The maximum atomic E-state index is 12.4. The molecule has 4 rings (SSSR count). The number of nitrogens with one attached hydrogen (secondary N) is 1. The van der Waals surface area contributed by atoms with Crippen LogP contribution in [0.2, 0.25) is 0 Å². The Morgan fingerprint density at radius 3 is 2.69 bits per heavy atom. The number of rotatable bonds is 5. The number of fused-ring (bicyclic) bond motifs is 1. The molecule has 4 nitrogen and oxygen atoms in total. The highest BCUT2D eigenvalue weighted by molar-refractivity contribution is 5.85. The first-order valence-electron chi connectivity index (χ1n) is 9.88. The van der Waals surface area contributed by atoms with Gasteiger partial charge in [0.25, 0.3) is 0 Å². The van der Waals surface area contributed by atoms with E-state index in [0.717, 1.165) is 51.9 Å². The molecule has 0 saturated carbocycles. The minimum absolute atomic E-state index is 0.153. The molecule has 4 heteroatoms. The predicted molar refractivity (Wildman–Crippen MR) is 104 cm³/mol. The normalized spacial score (nSPS) is 21.9. The molecule has 1 atom stereocenters. The molecule has 26 heavy (non-hydrogen) atoms. The zero-order chi connectivity index (χ0) is 17.8. The maximum Gasteiger partial charge on any atom is 0.223 e. The number of likely N-dealkylation sites (tertiary alicyclic amines) is 1. The van der Waals surface area contributed by atoms with E-state index < -0.39 is 0 Å². The smallest absolute Gasteiger partial charge is 0.223 e. The van der Waals surface area contributed by atoms with Gasteiger partial charge in [0.05, 0.1) is 6.10 Å². The second kappa shape index (κ2) is 8.19. The van der Waals surface area contributed by atoms with Gasteiger partial charge in [-0.25, -0.2) is 0 Å². The first-order chi connectivity index (χ1) is 12.8. The Balaban J connectivity index is 1.28. The van der Waals surface area contributed by atoms with E-state index in [1.54, 1.807) is 0 Å². The molecular formula is C22H28N2O2. The average Bonchev–Trinajstić information content (AvgIpc) is 3.21. The van der Waals surface area contributed by atoms with Crippen LogP contribution in [0.5, 0.6) is 0 Å². The van der Waals surface area contributed by atoms with Crippen molar-refractivity contribution in [2.45, 2.75) is 38.3 Å². The quantitative estimate of drug-likeness (QED) is 0.897. The van der Waals surface area contributed by atoms with Crippen LogP contribution in [0.1, 0.15) is 31.2 Å². The van der Waals surface area contributed by atoms with Gasteiger partial charge in [-0.05, 0) is 55.1 Å². The lowest BCUT2D eigenvalue weighted by molar-refractivity contribution is -0.127. The summed E-state index contributed by atoms with van der Waals surface area (Å²) in [6.45, 7) is 4.45. The minimum atomic E-state index is 0.153. The fourth-order valence-electron chi connectivity index (χ4n) is 4.19. The van der Waals surface area contributed by atoms with E-state index in [1.165, 1.54) is 16.3 Å². The van der Waals surface area contributed by atoms with E-state index in [1.807, 2.05) is 0 Å². The van der Waals surface area contributed by atoms with Gasteiger partial charge in [-0.3, -0.25) is 9.69 Å². The van der Waals surface area contributed by atoms with Gasteiger partial charge in [-0.15, -0.1) is 0 Å². The van der Waals surface area contributed by atoms with E-state index in [4.69, 9.17) is 4.74 Å². The summed E-state index contributed by atoms with van der Waals surface area (Å²) >= 11 is 0. The van der Waals surface area contributed by atoms with Crippen LogP contribution in [-0.2, 0) is 16.1 Å². The number of hydrogen-bond acceptors (Lipinski definition) is 3. The zero-order valence-electron chi connectivity index (χ0n) is 15.3. The number of benzene rings is 2. The number of carbonyl (C=O) groups excluding carboxylic acids is 1. The number of piperidine rings is 1. The van der Waals surface area contributed by atoms with E-state index in [0.29, 0.717) is 6.54 Å². The largest absolute Gasteiger partial charge is 0.376 e. The Hall–Kier alpha value is -1.91. The van der Waals surface area contributed by atoms with E-state index >= 15 is 0 Å². The van der Waals surface area contributed by atoms with E-state index in [-0.39, 0.29) is 17.9 Å². The molecule has 2 aromatic carbocycles. The minimum Gasteiger partial charge on any atom is -0.376 e. The van der Waals surface area contributed by atoms with Crippen molar-refractivity contribution in [1.82, 2.24) is 10.2 Å². The highest BCUT2D eigenvalue weighted by Crippen LogP contribution is 2.23. The third-order valence-corrected chi connectivity index (χ3v) is 5.76. The molecule has 1 N–H and O–H groups in total. The summed E-state index contributed by atoms with van der Waals surface area (Å²) in [4.78, 5) is 14.9. The molecule has 2 aliphatic rings. The summed E-state index contributed by atoms with van der Waals surface area (Å²) in [6.07, 6.45) is 4.31. The lowest BCUT2D eigenvalue weighted by atomic mass is 9.95. The highest BCUT2D eigenvalue weighted by Gasteiger charge is 2.26. The Morgan fingerprint density at radius 1 is 1.08 bits per heavy atom. The first kappa shape index (κ1) is 17.5. The highest BCUT2D eigenvalue weighted by atomic mass is 16.5. The van der Waals surface area contributed by atoms with Crippen molar-refractivity contribution < 1.29 is 9.53 Å². The number of carbonyl (C=O) groups is 1. The van der Waals surface area contributed by atoms with Crippen LogP contribution in [0.25, 0.3) is 10.8 Å². The Bertz CT molecular complexity index is 741. The number of ether oxygens (including phenoxy) is 1. The summed E-state index contributed by atoms with van der Waals surface area (Å²) in [5.41, 5.74) is 1.38. The molecule has 2 aromatic rings. The molecule has 0 aromatic heterocycles. The summed E-state index contributed by atoms with van der Waals surface area (Å²) < 4.78 is 5.59. The van der Waals surface area contributed by atoms with Gasteiger partial charge in [-0.1, -0.05) is 42.5 Å². The van der Waals surface area contributed by atoms with Crippen LogP contribution in [0.15, 0.2) is 42.5 Å². The Kier molecular flexibility index (Phi) is 5.51. The average molecular weight is 352 g/mol. The van der Waals surface area contributed by atoms with Crippen LogP contribution in [0.4, 0.5) is 0 Å². The van der Waals surface area contributed by atoms with E-state index in [9.17, 15) is 4.79 Å². The molecule has 2 aliphatic heterocycles. The number of nitrogens with zero attached hydrogens (tertiary/aromatic N) is 1. The maximum absolute atomic E-state index is 12.4. The van der Waals surface area contributed by atoms with Crippen LogP contribution in [0.3, 0.4) is 0 Å². The van der Waals surface area contributed by atoms with Gasteiger partial charge in [0.15, 0.2) is 0 Å². The number of hydrogen-bond donors (Lipinski definition) is 1. The molecule has 138 valence electrons. The number of amides is 1. The van der Waals surface area contributed by atoms with Gasteiger partial charge < -0.3 is 10.1 Å². The van der Waals surface area contributed by atoms with Gasteiger partial charge in [0.1, 0.15) is 0 Å². The summed E-state index contributed by atoms with van der Waals surface area (Å²) in [5.74, 6) is 0.366. The van der Waals surface area contributed by atoms with Gasteiger partial charge in [0, 0.05) is 25.6 Å². The second-order valence-corrected chi connectivity index (χ2v) is 7.57. The fourth-order valence-corrected chi connectivity index (χ4v) is 4.19. The molecule has 0 aliphatic carbocycles. The van der Waals surface area contributed by atoms with Gasteiger partial charge in [-0.2, -0.15) is 0 Å².